The van der Waals surface area contributed by atoms with Crippen LogP contribution in [-0.2, 0) is 4.74 Å². The normalized spacial score (nSPS) is 10.1. The van der Waals surface area contributed by atoms with Crippen molar-refractivity contribution in [3.63, 3.8) is 0 Å². The highest BCUT2D eigenvalue weighted by molar-refractivity contribution is 5.93. The smallest absolute Gasteiger partial charge is 0.270 e. The second kappa shape index (κ2) is 8.68. The zero-order valence-corrected chi connectivity index (χ0v) is 13.8. The monoisotopic (exact) mass is 332 g/mol. The van der Waals surface area contributed by atoms with E-state index < -0.39 is 0 Å². The molecule has 0 aliphatic heterocycles. The summed E-state index contributed by atoms with van der Waals surface area (Å²) in [4.78, 5) is 20.1. The van der Waals surface area contributed by atoms with Crippen molar-refractivity contribution in [1.82, 2.24) is 15.3 Å². The van der Waals surface area contributed by atoms with Gasteiger partial charge in [0.2, 0.25) is 0 Å². The average Bonchev–Trinajstić information content (AvgIpc) is 2.62. The third kappa shape index (κ3) is 4.56. The highest BCUT2D eigenvalue weighted by Gasteiger charge is 2.10. The summed E-state index contributed by atoms with van der Waals surface area (Å²) in [5.41, 5.74) is 0.923. The molecule has 128 valence electrons. The molecule has 0 atom stereocenters. The number of rotatable bonds is 8. The van der Waals surface area contributed by atoms with E-state index in [2.05, 4.69) is 20.6 Å². The quantitative estimate of drug-likeness (QED) is 0.709. The van der Waals surface area contributed by atoms with Crippen LogP contribution in [0.3, 0.4) is 0 Å². The highest BCUT2D eigenvalue weighted by Crippen LogP contribution is 2.30. The van der Waals surface area contributed by atoms with Crippen LogP contribution in [-0.4, -0.2) is 50.4 Å². The third-order valence-corrected chi connectivity index (χ3v) is 3.16. The van der Waals surface area contributed by atoms with E-state index in [0.717, 1.165) is 0 Å². The first-order chi connectivity index (χ1) is 11.7. The molecule has 0 saturated heterocycles. The fourth-order valence-corrected chi connectivity index (χ4v) is 1.96. The van der Waals surface area contributed by atoms with Crippen molar-refractivity contribution in [3.8, 4) is 11.5 Å². The molecular formula is C16H20N4O4. The molecule has 8 heteroatoms. The molecule has 2 rings (SSSR count). The number of benzene rings is 1. The van der Waals surface area contributed by atoms with Crippen LogP contribution < -0.4 is 20.1 Å². The first-order valence-corrected chi connectivity index (χ1v) is 7.26. The molecule has 0 aliphatic carbocycles. The number of aromatic nitrogens is 2. The molecular weight excluding hydrogens is 312 g/mol. The van der Waals surface area contributed by atoms with Gasteiger partial charge in [0.25, 0.3) is 5.91 Å². The largest absolute Gasteiger partial charge is 0.497 e. The maximum atomic E-state index is 12.0. The van der Waals surface area contributed by atoms with Crippen LogP contribution >= 0.6 is 0 Å². The number of carbonyl (C=O) groups excluding carboxylic acids is 1. The van der Waals surface area contributed by atoms with Crippen molar-refractivity contribution < 1.29 is 19.0 Å². The minimum atomic E-state index is -0.296. The number of carbonyl (C=O) groups is 1. The Balaban J connectivity index is 2.16. The van der Waals surface area contributed by atoms with Crippen LogP contribution in [0, 0.1) is 0 Å². The van der Waals surface area contributed by atoms with E-state index in [1.807, 2.05) is 0 Å². The fourth-order valence-electron chi connectivity index (χ4n) is 1.96. The third-order valence-electron chi connectivity index (χ3n) is 3.16. The molecule has 2 N–H and O–H groups in total. The van der Waals surface area contributed by atoms with E-state index in [1.54, 1.807) is 45.6 Å². The van der Waals surface area contributed by atoms with Crippen molar-refractivity contribution in [2.24, 2.45) is 0 Å². The number of amides is 1. The lowest BCUT2D eigenvalue weighted by Gasteiger charge is -2.12. The number of anilines is 2. The van der Waals surface area contributed by atoms with E-state index in [0.29, 0.717) is 36.2 Å². The van der Waals surface area contributed by atoms with Crippen molar-refractivity contribution in [2.75, 3.05) is 39.8 Å². The van der Waals surface area contributed by atoms with Gasteiger partial charge in [-0.3, -0.25) is 4.79 Å². The molecule has 0 spiro atoms. The van der Waals surface area contributed by atoms with Gasteiger partial charge in [-0.15, -0.1) is 0 Å². The van der Waals surface area contributed by atoms with Crippen LogP contribution in [0.15, 0.2) is 30.6 Å². The molecule has 0 bridgehead atoms. The Hall–Kier alpha value is -2.87. The number of nitrogens with zero attached hydrogens (tertiary/aromatic N) is 2. The second-order valence-corrected chi connectivity index (χ2v) is 4.73. The molecule has 8 nitrogen and oxygen atoms in total. The maximum Gasteiger partial charge on any atom is 0.270 e. The first-order valence-electron chi connectivity index (χ1n) is 7.26. The standard InChI is InChI=1S/C16H20N4O4/c1-22-7-6-17-16(21)13-9-15(19-10-18-13)20-12-8-11(23-2)4-5-14(12)24-3/h4-5,8-10H,6-7H2,1-3H3,(H,17,21)(H,18,19,20). The van der Waals surface area contributed by atoms with Gasteiger partial charge < -0.3 is 24.8 Å². The van der Waals surface area contributed by atoms with Crippen molar-refractivity contribution >= 4 is 17.4 Å². The Kier molecular flexibility index (Phi) is 6.32. The van der Waals surface area contributed by atoms with Gasteiger partial charge in [0.05, 0.1) is 26.5 Å². The lowest BCUT2D eigenvalue weighted by Crippen LogP contribution is -2.27. The number of ether oxygens (including phenoxy) is 3. The van der Waals surface area contributed by atoms with Gasteiger partial charge in [-0.2, -0.15) is 0 Å². The zero-order valence-electron chi connectivity index (χ0n) is 13.8. The summed E-state index contributed by atoms with van der Waals surface area (Å²) in [6, 6.07) is 6.90. The molecule has 0 fully saturated rings. The molecule has 0 unspecified atom stereocenters. The summed E-state index contributed by atoms with van der Waals surface area (Å²) >= 11 is 0. The Morgan fingerprint density at radius 3 is 2.67 bits per heavy atom. The van der Waals surface area contributed by atoms with E-state index in [4.69, 9.17) is 14.2 Å². The van der Waals surface area contributed by atoms with E-state index in [-0.39, 0.29) is 11.6 Å². The number of hydrogen-bond acceptors (Lipinski definition) is 7. The van der Waals surface area contributed by atoms with Crippen LogP contribution in [0.5, 0.6) is 11.5 Å². The summed E-state index contributed by atoms with van der Waals surface area (Å²) in [6.45, 7) is 0.842. The van der Waals surface area contributed by atoms with Crippen molar-refractivity contribution in [3.05, 3.63) is 36.3 Å². The lowest BCUT2D eigenvalue weighted by molar-refractivity contribution is 0.0932. The maximum absolute atomic E-state index is 12.0. The Bertz CT molecular complexity index is 694. The summed E-state index contributed by atoms with van der Waals surface area (Å²) < 4.78 is 15.4. The summed E-state index contributed by atoms with van der Waals surface area (Å²) in [5.74, 6) is 1.47. The summed E-state index contributed by atoms with van der Waals surface area (Å²) in [5, 5.41) is 5.80. The fraction of sp³-hybridized carbons (Fsp3) is 0.312. The van der Waals surface area contributed by atoms with Crippen LogP contribution in [0.4, 0.5) is 11.5 Å². The molecule has 0 saturated carbocycles. The van der Waals surface area contributed by atoms with Crippen molar-refractivity contribution in [1.29, 1.82) is 0 Å². The first kappa shape index (κ1) is 17.5. The van der Waals surface area contributed by atoms with E-state index >= 15 is 0 Å². The topological polar surface area (TPSA) is 94.6 Å². The lowest BCUT2D eigenvalue weighted by atomic mass is 10.2. The molecule has 1 heterocycles. The predicted molar refractivity (Wildman–Crippen MR) is 89.1 cm³/mol. The number of nitrogens with one attached hydrogen (secondary N) is 2. The van der Waals surface area contributed by atoms with Crippen LogP contribution in [0.1, 0.15) is 10.5 Å². The molecule has 1 aromatic carbocycles. The molecule has 24 heavy (non-hydrogen) atoms. The summed E-state index contributed by atoms with van der Waals surface area (Å²) in [7, 11) is 4.72. The Morgan fingerprint density at radius 2 is 1.96 bits per heavy atom. The van der Waals surface area contributed by atoms with Crippen molar-refractivity contribution in [2.45, 2.75) is 0 Å². The number of methoxy groups -OCH3 is 3. The Labute approximate surface area is 140 Å². The Morgan fingerprint density at radius 1 is 1.12 bits per heavy atom. The average molecular weight is 332 g/mol. The SMILES string of the molecule is COCCNC(=O)c1cc(Nc2cc(OC)ccc2OC)ncn1. The second-order valence-electron chi connectivity index (χ2n) is 4.73. The van der Waals surface area contributed by atoms with Gasteiger partial charge in [-0.1, -0.05) is 0 Å². The molecule has 1 amide bonds. The van der Waals surface area contributed by atoms with Crippen LogP contribution in [0.2, 0.25) is 0 Å². The summed E-state index contributed by atoms with van der Waals surface area (Å²) in [6.07, 6.45) is 1.32. The predicted octanol–water partition coefficient (Wildman–Crippen LogP) is 1.61. The molecule has 2 aromatic rings. The van der Waals surface area contributed by atoms with E-state index in [9.17, 15) is 4.79 Å². The highest BCUT2D eigenvalue weighted by atomic mass is 16.5. The van der Waals surface area contributed by atoms with Gasteiger partial charge in [-0.05, 0) is 12.1 Å². The zero-order chi connectivity index (χ0) is 17.4. The van der Waals surface area contributed by atoms with E-state index in [1.165, 1.54) is 6.33 Å². The van der Waals surface area contributed by atoms with Gasteiger partial charge in [0, 0.05) is 25.8 Å². The van der Waals surface area contributed by atoms with Gasteiger partial charge in [0.1, 0.15) is 29.3 Å². The molecule has 1 aromatic heterocycles. The molecule has 0 radical (unpaired) electrons. The minimum absolute atomic E-state index is 0.255. The number of hydrogen-bond donors (Lipinski definition) is 2. The minimum Gasteiger partial charge on any atom is -0.497 e. The van der Waals surface area contributed by atoms with Gasteiger partial charge >= 0.3 is 0 Å². The van der Waals surface area contributed by atoms with Gasteiger partial charge in [-0.25, -0.2) is 9.97 Å². The van der Waals surface area contributed by atoms with Crippen LogP contribution in [0.25, 0.3) is 0 Å². The molecule has 0 aliphatic rings. The van der Waals surface area contributed by atoms with Gasteiger partial charge in [0.15, 0.2) is 0 Å².